The van der Waals surface area contributed by atoms with Crippen molar-refractivity contribution in [2.75, 3.05) is 39.2 Å². The van der Waals surface area contributed by atoms with Gasteiger partial charge in [-0.1, -0.05) is 12.1 Å². The number of pyridine rings is 2. The van der Waals surface area contributed by atoms with Gasteiger partial charge in [-0.2, -0.15) is 4.39 Å². The Morgan fingerprint density at radius 3 is 2.56 bits per heavy atom. The van der Waals surface area contributed by atoms with E-state index in [4.69, 9.17) is 9.47 Å². The number of carbonyl (C=O) groups excluding carboxylic acids is 1. The SMILES string of the molecule is CCOc1ccc(-c2cc(C(=O)N[C@H]3CCCN(C)C3)c(F)c(-c3cnc(NCc4ccc(OC)cc4)c(F)n3)n2)cn1. The van der Waals surface area contributed by atoms with Crippen LogP contribution in [0, 0.1) is 11.8 Å². The van der Waals surface area contributed by atoms with Crippen LogP contribution in [-0.2, 0) is 6.54 Å². The molecular weight excluding hydrogens is 556 g/mol. The van der Waals surface area contributed by atoms with Gasteiger partial charge in [0, 0.05) is 37.0 Å². The number of benzene rings is 1. The first-order valence-corrected chi connectivity index (χ1v) is 14.0. The number of rotatable bonds is 10. The molecule has 224 valence electrons. The third-order valence-electron chi connectivity index (χ3n) is 7.08. The van der Waals surface area contributed by atoms with Crippen molar-refractivity contribution in [2.45, 2.75) is 32.4 Å². The predicted molar refractivity (Wildman–Crippen MR) is 158 cm³/mol. The third kappa shape index (κ3) is 7.20. The molecule has 3 aromatic heterocycles. The summed E-state index contributed by atoms with van der Waals surface area (Å²) in [5, 5.41) is 5.84. The molecule has 1 saturated heterocycles. The predicted octanol–water partition coefficient (Wildman–Crippen LogP) is 4.72. The van der Waals surface area contributed by atoms with Gasteiger partial charge in [0.25, 0.3) is 11.9 Å². The lowest BCUT2D eigenvalue weighted by Crippen LogP contribution is -2.46. The van der Waals surface area contributed by atoms with E-state index in [1.165, 1.54) is 18.5 Å². The molecule has 0 saturated carbocycles. The van der Waals surface area contributed by atoms with Crippen molar-refractivity contribution in [3.63, 3.8) is 0 Å². The number of amides is 1. The summed E-state index contributed by atoms with van der Waals surface area (Å²) in [6.07, 6.45) is 4.45. The molecule has 0 radical (unpaired) electrons. The van der Waals surface area contributed by atoms with E-state index < -0.39 is 17.7 Å². The topological polar surface area (TPSA) is 114 Å². The first-order valence-electron chi connectivity index (χ1n) is 14.0. The first kappa shape index (κ1) is 29.8. The highest BCUT2D eigenvalue weighted by molar-refractivity contribution is 5.96. The molecule has 12 heteroatoms. The zero-order chi connectivity index (χ0) is 30.3. The van der Waals surface area contributed by atoms with Gasteiger partial charge in [-0.15, -0.1) is 0 Å². The fraction of sp³-hybridized carbons (Fsp3) is 0.323. The van der Waals surface area contributed by atoms with Crippen LogP contribution in [0.2, 0.25) is 0 Å². The van der Waals surface area contributed by atoms with Crippen molar-refractivity contribution >= 4 is 11.7 Å². The molecule has 1 aliphatic heterocycles. The molecular formula is C31H33F2N7O3. The summed E-state index contributed by atoms with van der Waals surface area (Å²) in [6, 6.07) is 11.9. The Hall–Kier alpha value is -4.71. The molecule has 0 spiro atoms. The zero-order valence-electron chi connectivity index (χ0n) is 24.2. The maximum atomic E-state index is 16.0. The lowest BCUT2D eigenvalue weighted by Gasteiger charge is -2.30. The zero-order valence-corrected chi connectivity index (χ0v) is 24.2. The molecule has 4 heterocycles. The summed E-state index contributed by atoms with van der Waals surface area (Å²) in [5.41, 5.74) is 0.966. The van der Waals surface area contributed by atoms with Crippen LogP contribution in [-0.4, -0.2) is 70.6 Å². The number of likely N-dealkylation sites (N-methyl/N-ethyl adjacent to an activating group) is 1. The molecule has 43 heavy (non-hydrogen) atoms. The van der Waals surface area contributed by atoms with Gasteiger partial charge in [0.15, 0.2) is 11.6 Å². The number of nitrogens with one attached hydrogen (secondary N) is 2. The van der Waals surface area contributed by atoms with E-state index in [0.717, 1.165) is 24.9 Å². The van der Waals surface area contributed by atoms with Crippen molar-refractivity contribution in [1.29, 1.82) is 0 Å². The van der Waals surface area contributed by atoms with E-state index >= 15 is 8.78 Å². The van der Waals surface area contributed by atoms with Gasteiger partial charge in [0.1, 0.15) is 17.1 Å². The summed E-state index contributed by atoms with van der Waals surface area (Å²) < 4.78 is 41.7. The molecule has 1 aromatic carbocycles. The summed E-state index contributed by atoms with van der Waals surface area (Å²) >= 11 is 0. The Morgan fingerprint density at radius 1 is 1.07 bits per heavy atom. The second-order valence-corrected chi connectivity index (χ2v) is 10.2. The van der Waals surface area contributed by atoms with Crippen molar-refractivity contribution < 1.29 is 23.0 Å². The van der Waals surface area contributed by atoms with Crippen molar-refractivity contribution in [3.8, 4) is 34.3 Å². The Balaban J connectivity index is 1.46. The van der Waals surface area contributed by atoms with Crippen LogP contribution in [0.15, 0.2) is 54.9 Å². The minimum absolute atomic E-state index is 0.105. The average Bonchev–Trinajstić information content (AvgIpc) is 3.01. The van der Waals surface area contributed by atoms with Gasteiger partial charge >= 0.3 is 0 Å². The molecule has 0 aliphatic carbocycles. The van der Waals surface area contributed by atoms with Crippen molar-refractivity contribution in [1.82, 2.24) is 30.2 Å². The molecule has 1 fully saturated rings. The van der Waals surface area contributed by atoms with E-state index in [9.17, 15) is 4.79 Å². The van der Waals surface area contributed by atoms with Gasteiger partial charge in [-0.3, -0.25) is 4.79 Å². The highest BCUT2D eigenvalue weighted by Gasteiger charge is 2.25. The number of hydrogen-bond acceptors (Lipinski definition) is 9. The highest BCUT2D eigenvalue weighted by Crippen LogP contribution is 2.29. The maximum Gasteiger partial charge on any atom is 0.256 e. The van der Waals surface area contributed by atoms with Gasteiger partial charge in [-0.05, 0) is 63.2 Å². The summed E-state index contributed by atoms with van der Waals surface area (Å²) in [6.45, 7) is 4.16. The van der Waals surface area contributed by atoms with Gasteiger partial charge in [-0.25, -0.2) is 24.3 Å². The standard InChI is InChI=1S/C31H33F2N7O3/c1-4-43-26-12-9-20(16-34-26)24-14-23(31(41)37-21-6-5-13-40(2)18-21)27(32)28(38-24)25-17-36-30(29(33)39-25)35-15-19-7-10-22(42-3)11-8-19/h7-12,14,16-17,21H,4-6,13,15,18H2,1-3H3,(H,35,36)(H,37,41)/t21-/m0/s1. The molecule has 10 nitrogen and oxygen atoms in total. The van der Waals surface area contributed by atoms with E-state index in [0.29, 0.717) is 30.3 Å². The number of aromatic nitrogens is 4. The number of carbonyl (C=O) groups is 1. The second kappa shape index (κ2) is 13.5. The average molecular weight is 590 g/mol. The van der Waals surface area contributed by atoms with Crippen LogP contribution >= 0.6 is 0 Å². The van der Waals surface area contributed by atoms with Gasteiger partial charge in [0.2, 0.25) is 5.88 Å². The minimum Gasteiger partial charge on any atom is -0.497 e. The summed E-state index contributed by atoms with van der Waals surface area (Å²) in [5.74, 6) is -1.43. The molecule has 4 aromatic rings. The molecule has 2 N–H and O–H groups in total. The van der Waals surface area contributed by atoms with Crippen LogP contribution in [0.1, 0.15) is 35.7 Å². The number of likely N-dealkylation sites (tertiary alicyclic amines) is 1. The van der Waals surface area contributed by atoms with E-state index in [1.807, 2.05) is 26.1 Å². The van der Waals surface area contributed by atoms with Crippen LogP contribution in [0.5, 0.6) is 11.6 Å². The van der Waals surface area contributed by atoms with E-state index in [1.54, 1.807) is 31.4 Å². The molecule has 0 bridgehead atoms. The van der Waals surface area contributed by atoms with E-state index in [2.05, 4.69) is 35.5 Å². The highest BCUT2D eigenvalue weighted by atomic mass is 19.1. The van der Waals surface area contributed by atoms with Crippen molar-refractivity contribution in [2.24, 2.45) is 0 Å². The monoisotopic (exact) mass is 589 g/mol. The van der Waals surface area contributed by atoms with Gasteiger partial charge in [0.05, 0.1) is 31.2 Å². The Kier molecular flexibility index (Phi) is 9.35. The van der Waals surface area contributed by atoms with Crippen LogP contribution in [0.25, 0.3) is 22.6 Å². The van der Waals surface area contributed by atoms with Crippen LogP contribution in [0.3, 0.4) is 0 Å². The lowest BCUT2D eigenvalue weighted by atomic mass is 10.0. The summed E-state index contributed by atoms with van der Waals surface area (Å²) in [7, 11) is 3.55. The number of methoxy groups -OCH3 is 1. The molecule has 1 aliphatic rings. The van der Waals surface area contributed by atoms with E-state index in [-0.39, 0.29) is 41.0 Å². The number of ether oxygens (including phenoxy) is 2. The molecule has 1 amide bonds. The Bertz CT molecular complexity index is 1570. The normalized spacial score (nSPS) is 15.1. The smallest absolute Gasteiger partial charge is 0.256 e. The largest absolute Gasteiger partial charge is 0.497 e. The number of nitrogens with zero attached hydrogens (tertiary/aromatic N) is 5. The lowest BCUT2D eigenvalue weighted by molar-refractivity contribution is 0.0908. The number of anilines is 1. The van der Waals surface area contributed by atoms with Crippen molar-refractivity contribution in [3.05, 3.63) is 77.8 Å². The maximum absolute atomic E-state index is 16.0. The van der Waals surface area contributed by atoms with Gasteiger partial charge < -0.3 is 25.0 Å². The summed E-state index contributed by atoms with van der Waals surface area (Å²) in [4.78, 5) is 32.3. The molecule has 1 atom stereocenters. The quantitative estimate of drug-likeness (QED) is 0.271. The Labute approximate surface area is 248 Å². The fourth-order valence-corrected chi connectivity index (χ4v) is 4.85. The minimum atomic E-state index is -0.934. The first-order chi connectivity index (χ1) is 20.8. The molecule has 5 rings (SSSR count). The fourth-order valence-electron chi connectivity index (χ4n) is 4.85. The van der Waals surface area contributed by atoms with Crippen LogP contribution < -0.4 is 20.1 Å². The van der Waals surface area contributed by atoms with Crippen LogP contribution in [0.4, 0.5) is 14.6 Å². The number of halogens is 2. The Morgan fingerprint density at radius 2 is 1.88 bits per heavy atom. The number of hydrogen-bond donors (Lipinski definition) is 2. The third-order valence-corrected chi connectivity index (χ3v) is 7.08. The molecule has 0 unspecified atom stereocenters. The second-order valence-electron chi connectivity index (χ2n) is 10.2. The number of piperidine rings is 1.